The summed E-state index contributed by atoms with van der Waals surface area (Å²) in [4.78, 5) is 27.2. The molecule has 0 spiro atoms. The van der Waals surface area contributed by atoms with Crippen molar-refractivity contribution in [2.45, 2.75) is 45.1 Å². The summed E-state index contributed by atoms with van der Waals surface area (Å²) in [6.45, 7) is 4.30. The second kappa shape index (κ2) is 12.3. The number of dihydropyridines is 1. The maximum absolute atomic E-state index is 13.9. The normalized spacial score (nSPS) is 18.4. The van der Waals surface area contributed by atoms with E-state index in [1.807, 2.05) is 79.7 Å². The zero-order valence-electron chi connectivity index (χ0n) is 23.9. The average molecular weight is 554 g/mol. The van der Waals surface area contributed by atoms with E-state index >= 15 is 0 Å². The van der Waals surface area contributed by atoms with Gasteiger partial charge in [0.1, 0.15) is 12.4 Å². The minimum Gasteiger partial charge on any atom is -0.493 e. The van der Waals surface area contributed by atoms with Crippen molar-refractivity contribution < 1.29 is 28.5 Å². The number of rotatable bonds is 9. The second-order valence-corrected chi connectivity index (χ2v) is 10.2. The second-order valence-electron chi connectivity index (χ2n) is 10.2. The van der Waals surface area contributed by atoms with Gasteiger partial charge in [-0.05, 0) is 67.1 Å². The number of ether oxygens (including phenoxy) is 4. The van der Waals surface area contributed by atoms with Gasteiger partial charge in [-0.2, -0.15) is 0 Å². The van der Waals surface area contributed by atoms with Crippen molar-refractivity contribution in [2.24, 2.45) is 0 Å². The number of hydrogen-bond acceptors (Lipinski definition) is 7. The molecule has 3 aromatic carbocycles. The lowest BCUT2D eigenvalue weighted by Gasteiger charge is -2.36. The Balaban J connectivity index is 1.51. The van der Waals surface area contributed by atoms with Crippen LogP contribution in [0.2, 0.25) is 0 Å². The van der Waals surface area contributed by atoms with Gasteiger partial charge >= 0.3 is 5.97 Å². The summed E-state index contributed by atoms with van der Waals surface area (Å²) in [5.74, 6) is 0.879. The molecule has 0 amide bonds. The van der Waals surface area contributed by atoms with Crippen LogP contribution in [0.4, 0.5) is 0 Å². The standard InChI is InChI=1S/C34H35NO6/c1-5-40-34(37)31-21(2)35-27-17-25(23-14-15-29(38-3)30(19-23)39-4)18-28(36)33(27)32(31)24-12-9-13-26(16-24)41-20-22-10-7-6-8-11-22/h6-16,19,25,32,35H,5,17-18,20H2,1-4H3. The summed E-state index contributed by atoms with van der Waals surface area (Å²) in [6, 6.07) is 23.4. The van der Waals surface area contributed by atoms with Crippen LogP contribution >= 0.6 is 0 Å². The molecular formula is C34H35NO6. The molecule has 0 fully saturated rings. The lowest BCUT2D eigenvalue weighted by molar-refractivity contribution is -0.138. The summed E-state index contributed by atoms with van der Waals surface area (Å²) in [6.07, 6.45) is 0.927. The van der Waals surface area contributed by atoms with Gasteiger partial charge in [0.25, 0.3) is 0 Å². The fraction of sp³-hybridized carbons (Fsp3) is 0.294. The van der Waals surface area contributed by atoms with Crippen LogP contribution in [-0.2, 0) is 20.9 Å². The van der Waals surface area contributed by atoms with Crippen LogP contribution in [0.25, 0.3) is 0 Å². The molecule has 1 aliphatic heterocycles. The number of nitrogens with one attached hydrogen (secondary N) is 1. The first kappa shape index (κ1) is 28.0. The minimum absolute atomic E-state index is 0.00607. The van der Waals surface area contributed by atoms with Crippen molar-refractivity contribution in [1.82, 2.24) is 5.32 Å². The SMILES string of the molecule is CCOC(=O)C1=C(C)NC2=C(C(=O)CC(c3ccc(OC)c(OC)c3)C2)C1c1cccc(OCc2ccccc2)c1. The molecule has 41 heavy (non-hydrogen) atoms. The monoisotopic (exact) mass is 553 g/mol. The number of carbonyl (C=O) groups is 2. The van der Waals surface area contributed by atoms with Crippen molar-refractivity contribution in [3.63, 3.8) is 0 Å². The van der Waals surface area contributed by atoms with Gasteiger partial charge in [0.2, 0.25) is 0 Å². The highest BCUT2D eigenvalue weighted by atomic mass is 16.5. The first-order valence-corrected chi connectivity index (χ1v) is 13.8. The number of esters is 1. The molecule has 1 N–H and O–H groups in total. The van der Waals surface area contributed by atoms with E-state index in [4.69, 9.17) is 18.9 Å². The molecule has 0 aromatic heterocycles. The molecule has 3 aromatic rings. The van der Waals surface area contributed by atoms with E-state index < -0.39 is 11.9 Å². The summed E-state index contributed by atoms with van der Waals surface area (Å²) < 4.78 is 22.5. The van der Waals surface area contributed by atoms with Crippen molar-refractivity contribution >= 4 is 11.8 Å². The highest BCUT2D eigenvalue weighted by molar-refractivity contribution is 6.04. The van der Waals surface area contributed by atoms with Gasteiger partial charge in [-0.1, -0.05) is 48.5 Å². The molecule has 0 bridgehead atoms. The molecule has 0 saturated carbocycles. The van der Waals surface area contributed by atoms with Crippen molar-refractivity contribution in [3.05, 3.63) is 112 Å². The molecule has 1 aliphatic carbocycles. The van der Waals surface area contributed by atoms with E-state index in [-0.39, 0.29) is 18.3 Å². The molecular weight excluding hydrogens is 518 g/mol. The van der Waals surface area contributed by atoms with Crippen molar-refractivity contribution in [1.29, 1.82) is 0 Å². The van der Waals surface area contributed by atoms with E-state index in [2.05, 4.69) is 5.32 Å². The van der Waals surface area contributed by atoms with Crippen molar-refractivity contribution in [3.8, 4) is 17.2 Å². The van der Waals surface area contributed by atoms with Crippen LogP contribution in [0.15, 0.2) is 95.3 Å². The molecule has 2 unspecified atom stereocenters. The van der Waals surface area contributed by atoms with Crippen LogP contribution in [0, 0.1) is 0 Å². The molecule has 5 rings (SSSR count). The van der Waals surface area contributed by atoms with Gasteiger partial charge < -0.3 is 24.3 Å². The Bertz CT molecular complexity index is 1510. The Hall–Kier alpha value is -4.52. The van der Waals surface area contributed by atoms with Gasteiger partial charge in [0.15, 0.2) is 17.3 Å². The molecule has 1 heterocycles. The highest BCUT2D eigenvalue weighted by Crippen LogP contribution is 2.47. The number of allylic oxidation sites excluding steroid dienone is 3. The van der Waals surface area contributed by atoms with E-state index in [0.29, 0.717) is 53.5 Å². The number of Topliss-reactive ketones (excluding diaryl/α,β-unsaturated/α-hetero) is 1. The maximum atomic E-state index is 13.9. The summed E-state index contributed by atoms with van der Waals surface area (Å²) in [5.41, 5.74) is 5.42. The largest absolute Gasteiger partial charge is 0.493 e. The number of carbonyl (C=O) groups excluding carboxylic acids is 2. The average Bonchev–Trinajstić information content (AvgIpc) is 2.99. The third-order valence-corrected chi connectivity index (χ3v) is 7.64. The fourth-order valence-corrected chi connectivity index (χ4v) is 5.72. The van der Waals surface area contributed by atoms with E-state index in [1.165, 1.54) is 0 Å². The lowest BCUT2D eigenvalue weighted by Crippen LogP contribution is -2.36. The fourth-order valence-electron chi connectivity index (χ4n) is 5.72. The Kier molecular flexibility index (Phi) is 8.43. The molecule has 2 atom stereocenters. The minimum atomic E-state index is -0.565. The predicted octanol–water partition coefficient (Wildman–Crippen LogP) is 6.21. The first-order chi connectivity index (χ1) is 19.9. The van der Waals surface area contributed by atoms with Gasteiger partial charge in [-0.3, -0.25) is 4.79 Å². The molecule has 0 saturated heterocycles. The third-order valence-electron chi connectivity index (χ3n) is 7.64. The molecule has 7 nitrogen and oxygen atoms in total. The summed E-state index contributed by atoms with van der Waals surface area (Å²) in [5, 5.41) is 3.40. The summed E-state index contributed by atoms with van der Waals surface area (Å²) in [7, 11) is 3.20. The maximum Gasteiger partial charge on any atom is 0.336 e. The predicted molar refractivity (Wildman–Crippen MR) is 156 cm³/mol. The number of methoxy groups -OCH3 is 2. The van der Waals surface area contributed by atoms with Crippen LogP contribution in [0.5, 0.6) is 17.2 Å². The smallest absolute Gasteiger partial charge is 0.336 e. The topological polar surface area (TPSA) is 83.1 Å². The molecule has 2 aliphatic rings. The van der Waals surface area contributed by atoms with Gasteiger partial charge in [0.05, 0.1) is 26.4 Å². The Morgan fingerprint density at radius 3 is 2.41 bits per heavy atom. The van der Waals surface area contributed by atoms with Crippen LogP contribution in [0.3, 0.4) is 0 Å². The van der Waals surface area contributed by atoms with Crippen LogP contribution in [-0.4, -0.2) is 32.6 Å². The quantitative estimate of drug-likeness (QED) is 0.316. The van der Waals surface area contributed by atoms with E-state index in [9.17, 15) is 9.59 Å². The molecule has 0 radical (unpaired) electrons. The van der Waals surface area contributed by atoms with Crippen molar-refractivity contribution in [2.75, 3.05) is 20.8 Å². The van der Waals surface area contributed by atoms with Gasteiger partial charge in [-0.25, -0.2) is 4.79 Å². The van der Waals surface area contributed by atoms with Gasteiger partial charge in [-0.15, -0.1) is 0 Å². The Morgan fingerprint density at radius 1 is 0.902 bits per heavy atom. The van der Waals surface area contributed by atoms with Gasteiger partial charge in [0, 0.05) is 29.3 Å². The zero-order valence-corrected chi connectivity index (χ0v) is 23.9. The molecule has 7 heteroatoms. The Labute approximate surface area is 240 Å². The number of benzene rings is 3. The number of ketones is 1. The van der Waals surface area contributed by atoms with E-state index in [1.54, 1.807) is 21.1 Å². The first-order valence-electron chi connectivity index (χ1n) is 13.8. The summed E-state index contributed by atoms with van der Waals surface area (Å²) >= 11 is 0. The van der Waals surface area contributed by atoms with E-state index in [0.717, 1.165) is 22.4 Å². The van der Waals surface area contributed by atoms with Crippen LogP contribution < -0.4 is 19.5 Å². The zero-order chi connectivity index (χ0) is 28.9. The third kappa shape index (κ3) is 5.85. The lowest BCUT2D eigenvalue weighted by atomic mass is 9.71. The Morgan fingerprint density at radius 2 is 1.68 bits per heavy atom. The number of hydrogen-bond donors (Lipinski definition) is 1. The highest BCUT2D eigenvalue weighted by Gasteiger charge is 2.41. The molecule has 212 valence electrons. The van der Waals surface area contributed by atoms with Crippen LogP contribution in [0.1, 0.15) is 55.2 Å².